The molecule has 0 radical (unpaired) electrons. The minimum Gasteiger partial charge on any atom is -0.497 e. The zero-order chi connectivity index (χ0) is 12.3. The molecule has 0 heterocycles. The summed E-state index contributed by atoms with van der Waals surface area (Å²) in [5.74, 6) is -1.07. The Hall–Kier alpha value is -1.62. The van der Waals surface area contributed by atoms with E-state index in [1.54, 1.807) is 6.92 Å². The van der Waals surface area contributed by atoms with Gasteiger partial charge in [0.2, 0.25) is 0 Å². The third kappa shape index (κ3) is 2.70. The topological polar surface area (TPSA) is 72.5 Å². The maximum Gasteiger partial charge on any atom is 0.305 e. The normalized spacial score (nSPS) is 12.2. The van der Waals surface area contributed by atoms with Crippen molar-refractivity contribution in [3.05, 3.63) is 29.1 Å². The Morgan fingerprint density at radius 1 is 1.62 bits per heavy atom. The quantitative estimate of drug-likeness (QED) is 0.819. The van der Waals surface area contributed by atoms with E-state index in [-0.39, 0.29) is 12.0 Å². The Morgan fingerprint density at radius 2 is 2.25 bits per heavy atom. The van der Waals surface area contributed by atoms with Gasteiger partial charge in [-0.05, 0) is 24.6 Å². The van der Waals surface area contributed by atoms with Crippen molar-refractivity contribution in [2.24, 2.45) is 5.73 Å². The van der Waals surface area contributed by atoms with Crippen LogP contribution >= 0.6 is 0 Å². The molecule has 0 spiro atoms. The van der Waals surface area contributed by atoms with E-state index in [1.807, 2.05) is 0 Å². The lowest BCUT2D eigenvalue weighted by Gasteiger charge is -2.13. The lowest BCUT2D eigenvalue weighted by Crippen LogP contribution is -2.17. The third-order valence-corrected chi connectivity index (χ3v) is 2.29. The lowest BCUT2D eigenvalue weighted by molar-refractivity contribution is -0.137. The highest BCUT2D eigenvalue weighted by Gasteiger charge is 2.17. The van der Waals surface area contributed by atoms with Crippen LogP contribution in [0.1, 0.15) is 23.6 Å². The molecule has 1 aromatic rings. The van der Waals surface area contributed by atoms with Gasteiger partial charge in [-0.3, -0.25) is 4.79 Å². The number of aliphatic carboxylic acids is 1. The van der Waals surface area contributed by atoms with Crippen LogP contribution in [-0.2, 0) is 4.79 Å². The number of carboxylic acids is 1. The standard InChI is InChI=1S/C11H14FNO3/c1-6-3-7(16-2)4-8(11(6)12)9(13)5-10(14)15/h3-4,9H,5,13H2,1-2H3,(H,14,15). The van der Waals surface area contributed by atoms with Gasteiger partial charge in [0.25, 0.3) is 0 Å². The van der Waals surface area contributed by atoms with Crippen LogP contribution < -0.4 is 10.5 Å². The summed E-state index contributed by atoms with van der Waals surface area (Å²) in [6, 6.07) is 2.09. The van der Waals surface area contributed by atoms with Crippen molar-refractivity contribution in [1.29, 1.82) is 0 Å². The van der Waals surface area contributed by atoms with Crippen LogP contribution in [0.2, 0.25) is 0 Å². The SMILES string of the molecule is COc1cc(C)c(F)c(C(N)CC(=O)O)c1. The van der Waals surface area contributed by atoms with Gasteiger partial charge in [0, 0.05) is 11.6 Å². The van der Waals surface area contributed by atoms with Gasteiger partial charge < -0.3 is 15.6 Å². The fraction of sp³-hybridized carbons (Fsp3) is 0.364. The first-order valence-corrected chi connectivity index (χ1v) is 4.77. The maximum absolute atomic E-state index is 13.7. The van der Waals surface area contributed by atoms with E-state index in [1.165, 1.54) is 19.2 Å². The predicted octanol–water partition coefficient (Wildman–Crippen LogP) is 1.62. The van der Waals surface area contributed by atoms with Crippen molar-refractivity contribution in [2.45, 2.75) is 19.4 Å². The molecule has 0 aromatic heterocycles. The summed E-state index contributed by atoms with van der Waals surface area (Å²) < 4.78 is 18.7. The average molecular weight is 227 g/mol. The molecule has 16 heavy (non-hydrogen) atoms. The number of halogens is 1. The summed E-state index contributed by atoms with van der Waals surface area (Å²) in [4.78, 5) is 10.5. The number of carbonyl (C=O) groups is 1. The molecule has 0 aliphatic rings. The van der Waals surface area contributed by atoms with Gasteiger partial charge in [0.05, 0.1) is 13.5 Å². The molecule has 0 saturated carbocycles. The first kappa shape index (κ1) is 12.4. The highest BCUT2D eigenvalue weighted by Crippen LogP contribution is 2.26. The molecule has 4 nitrogen and oxygen atoms in total. The van der Waals surface area contributed by atoms with E-state index >= 15 is 0 Å². The molecule has 0 saturated heterocycles. The van der Waals surface area contributed by atoms with Crippen molar-refractivity contribution in [3.63, 3.8) is 0 Å². The molecule has 5 heteroatoms. The van der Waals surface area contributed by atoms with Crippen LogP contribution in [0.15, 0.2) is 12.1 Å². The molecule has 0 aliphatic heterocycles. The fourth-order valence-electron chi connectivity index (χ4n) is 1.45. The van der Waals surface area contributed by atoms with Crippen molar-refractivity contribution < 1.29 is 19.0 Å². The summed E-state index contributed by atoms with van der Waals surface area (Å²) >= 11 is 0. The molecule has 3 N–H and O–H groups in total. The van der Waals surface area contributed by atoms with Gasteiger partial charge in [-0.15, -0.1) is 0 Å². The van der Waals surface area contributed by atoms with E-state index in [0.29, 0.717) is 11.3 Å². The molecular formula is C11H14FNO3. The number of nitrogens with two attached hydrogens (primary N) is 1. The Bertz CT molecular complexity index is 406. The number of hydrogen-bond donors (Lipinski definition) is 2. The van der Waals surface area contributed by atoms with E-state index in [2.05, 4.69) is 0 Å². The number of aryl methyl sites for hydroxylation is 1. The van der Waals surface area contributed by atoms with Crippen LogP contribution in [0.25, 0.3) is 0 Å². The molecule has 0 bridgehead atoms. The Morgan fingerprint density at radius 3 is 2.75 bits per heavy atom. The highest BCUT2D eigenvalue weighted by molar-refractivity contribution is 5.68. The van der Waals surface area contributed by atoms with Gasteiger partial charge in [-0.25, -0.2) is 4.39 Å². The van der Waals surface area contributed by atoms with Crippen molar-refractivity contribution in [3.8, 4) is 5.75 Å². The van der Waals surface area contributed by atoms with Crippen LogP contribution in [0, 0.1) is 12.7 Å². The second-order valence-corrected chi connectivity index (χ2v) is 3.55. The molecule has 1 unspecified atom stereocenters. The molecule has 88 valence electrons. The Kier molecular flexibility index (Phi) is 3.84. The fourth-order valence-corrected chi connectivity index (χ4v) is 1.45. The van der Waals surface area contributed by atoms with E-state index in [9.17, 15) is 9.18 Å². The number of benzene rings is 1. The van der Waals surface area contributed by atoms with E-state index in [0.717, 1.165) is 0 Å². The number of hydrogen-bond acceptors (Lipinski definition) is 3. The Balaban J connectivity index is 3.10. The number of carboxylic acid groups (broad SMARTS) is 1. The Labute approximate surface area is 92.8 Å². The summed E-state index contributed by atoms with van der Waals surface area (Å²) in [6.07, 6.45) is -0.316. The van der Waals surface area contributed by atoms with Crippen LogP contribution in [0.3, 0.4) is 0 Å². The van der Waals surface area contributed by atoms with Gasteiger partial charge >= 0.3 is 5.97 Å². The van der Waals surface area contributed by atoms with E-state index < -0.39 is 17.8 Å². The zero-order valence-corrected chi connectivity index (χ0v) is 9.16. The molecular weight excluding hydrogens is 213 g/mol. The average Bonchev–Trinajstić information content (AvgIpc) is 2.20. The summed E-state index contributed by atoms with van der Waals surface area (Å²) in [5, 5.41) is 8.60. The molecule has 1 aromatic carbocycles. The molecule has 0 aliphatic carbocycles. The van der Waals surface area contributed by atoms with Crippen LogP contribution in [0.5, 0.6) is 5.75 Å². The van der Waals surface area contributed by atoms with Gasteiger partial charge in [0.15, 0.2) is 0 Å². The molecule has 1 atom stereocenters. The largest absolute Gasteiger partial charge is 0.497 e. The second-order valence-electron chi connectivity index (χ2n) is 3.55. The highest BCUT2D eigenvalue weighted by atomic mass is 19.1. The minimum atomic E-state index is -1.06. The third-order valence-electron chi connectivity index (χ3n) is 2.29. The summed E-state index contributed by atoms with van der Waals surface area (Å²) in [6.45, 7) is 1.58. The van der Waals surface area contributed by atoms with E-state index in [4.69, 9.17) is 15.6 Å². The smallest absolute Gasteiger partial charge is 0.305 e. The molecule has 0 amide bonds. The maximum atomic E-state index is 13.7. The van der Waals surface area contributed by atoms with Crippen LogP contribution in [0.4, 0.5) is 4.39 Å². The lowest BCUT2D eigenvalue weighted by atomic mass is 10.0. The predicted molar refractivity (Wildman–Crippen MR) is 56.9 cm³/mol. The summed E-state index contributed by atoms with van der Waals surface area (Å²) in [5.41, 5.74) is 6.16. The van der Waals surface area contributed by atoms with Crippen molar-refractivity contribution in [2.75, 3.05) is 7.11 Å². The van der Waals surface area contributed by atoms with Gasteiger partial charge in [-0.1, -0.05) is 0 Å². The first-order valence-electron chi connectivity index (χ1n) is 4.77. The minimum absolute atomic E-state index is 0.166. The van der Waals surface area contributed by atoms with Crippen LogP contribution in [-0.4, -0.2) is 18.2 Å². The first-order chi connectivity index (χ1) is 7.45. The zero-order valence-electron chi connectivity index (χ0n) is 9.16. The number of ether oxygens (including phenoxy) is 1. The molecule has 0 fully saturated rings. The molecule has 1 rings (SSSR count). The van der Waals surface area contributed by atoms with Gasteiger partial charge in [0.1, 0.15) is 11.6 Å². The van der Waals surface area contributed by atoms with Gasteiger partial charge in [-0.2, -0.15) is 0 Å². The van der Waals surface area contributed by atoms with Crippen molar-refractivity contribution >= 4 is 5.97 Å². The monoisotopic (exact) mass is 227 g/mol. The second kappa shape index (κ2) is 4.94. The summed E-state index contributed by atoms with van der Waals surface area (Å²) in [7, 11) is 1.46. The number of rotatable bonds is 4. The van der Waals surface area contributed by atoms with Crippen molar-refractivity contribution in [1.82, 2.24) is 0 Å². The number of methoxy groups -OCH3 is 1.